The highest BCUT2D eigenvalue weighted by Gasteiger charge is 2.17. The van der Waals surface area contributed by atoms with Gasteiger partial charge in [-0.3, -0.25) is 4.68 Å². The molecule has 0 aliphatic rings. The van der Waals surface area contributed by atoms with Crippen LogP contribution in [0.1, 0.15) is 30.9 Å². The summed E-state index contributed by atoms with van der Waals surface area (Å²) in [4.78, 5) is 14.9. The SMILES string of the molecule is COC(=O)c1ncn(CCC(C)(C)C#N)n1. The van der Waals surface area contributed by atoms with E-state index in [1.807, 2.05) is 13.8 Å². The summed E-state index contributed by atoms with van der Waals surface area (Å²) < 4.78 is 6.02. The van der Waals surface area contributed by atoms with E-state index in [2.05, 4.69) is 20.9 Å². The smallest absolute Gasteiger partial charge is 0.377 e. The standard InChI is InChI=1S/C10H14N4O2/c1-10(2,6-11)4-5-14-7-12-8(13-14)9(15)16-3/h7H,4-5H2,1-3H3. The monoisotopic (exact) mass is 222 g/mol. The van der Waals surface area contributed by atoms with E-state index in [0.29, 0.717) is 13.0 Å². The highest BCUT2D eigenvalue weighted by atomic mass is 16.5. The Kier molecular flexibility index (Phi) is 3.61. The normalized spacial score (nSPS) is 10.9. The first-order valence-electron chi connectivity index (χ1n) is 4.87. The summed E-state index contributed by atoms with van der Waals surface area (Å²) in [5.41, 5.74) is -0.405. The van der Waals surface area contributed by atoms with Crippen LogP contribution in [0.2, 0.25) is 0 Å². The van der Waals surface area contributed by atoms with Gasteiger partial charge >= 0.3 is 5.97 Å². The number of carbonyl (C=O) groups excluding carboxylic acids is 1. The van der Waals surface area contributed by atoms with Crippen LogP contribution in [0.5, 0.6) is 0 Å². The van der Waals surface area contributed by atoms with Crippen molar-refractivity contribution in [3.05, 3.63) is 12.2 Å². The molecule has 0 atom stereocenters. The lowest BCUT2D eigenvalue weighted by Gasteiger charge is -2.13. The van der Waals surface area contributed by atoms with Gasteiger partial charge in [-0.2, -0.15) is 5.26 Å². The summed E-state index contributed by atoms with van der Waals surface area (Å²) in [5.74, 6) is -0.518. The van der Waals surface area contributed by atoms with Crippen molar-refractivity contribution in [3.8, 4) is 6.07 Å². The molecule has 1 rings (SSSR count). The van der Waals surface area contributed by atoms with Gasteiger partial charge in [0, 0.05) is 6.54 Å². The number of hydrogen-bond acceptors (Lipinski definition) is 5. The fourth-order valence-corrected chi connectivity index (χ4v) is 1.04. The van der Waals surface area contributed by atoms with E-state index in [4.69, 9.17) is 5.26 Å². The quantitative estimate of drug-likeness (QED) is 0.710. The molecule has 0 unspecified atom stereocenters. The minimum absolute atomic E-state index is 0.0391. The Hall–Kier alpha value is -1.90. The first-order chi connectivity index (χ1) is 7.48. The Balaban J connectivity index is 2.60. The third-order valence-corrected chi connectivity index (χ3v) is 2.17. The van der Waals surface area contributed by atoms with Crippen LogP contribution < -0.4 is 0 Å². The number of nitrogens with zero attached hydrogens (tertiary/aromatic N) is 4. The predicted molar refractivity (Wildman–Crippen MR) is 55.4 cm³/mol. The number of aromatic nitrogens is 3. The summed E-state index contributed by atoms with van der Waals surface area (Å²) in [7, 11) is 1.28. The zero-order valence-electron chi connectivity index (χ0n) is 9.60. The molecule has 6 heteroatoms. The van der Waals surface area contributed by atoms with Gasteiger partial charge in [0.25, 0.3) is 5.82 Å². The average molecular weight is 222 g/mol. The van der Waals surface area contributed by atoms with Gasteiger partial charge in [-0.1, -0.05) is 0 Å². The second-order valence-electron chi connectivity index (χ2n) is 4.07. The molecule has 0 fully saturated rings. The van der Waals surface area contributed by atoms with Crippen LogP contribution in [-0.2, 0) is 11.3 Å². The van der Waals surface area contributed by atoms with Crippen molar-refractivity contribution in [2.45, 2.75) is 26.8 Å². The molecule has 0 bridgehead atoms. The molecule has 16 heavy (non-hydrogen) atoms. The van der Waals surface area contributed by atoms with Crippen molar-refractivity contribution in [2.75, 3.05) is 7.11 Å². The predicted octanol–water partition coefficient (Wildman–Crippen LogP) is 1.00. The van der Waals surface area contributed by atoms with Crippen LogP contribution in [0.25, 0.3) is 0 Å². The van der Waals surface area contributed by atoms with Crippen LogP contribution in [0.3, 0.4) is 0 Å². The molecule has 1 aromatic rings. The highest BCUT2D eigenvalue weighted by Crippen LogP contribution is 2.18. The third kappa shape index (κ3) is 3.05. The molecule has 0 saturated carbocycles. The Morgan fingerprint density at radius 2 is 2.38 bits per heavy atom. The van der Waals surface area contributed by atoms with Crippen LogP contribution in [0.4, 0.5) is 0 Å². The van der Waals surface area contributed by atoms with Gasteiger partial charge in [-0.15, -0.1) is 5.10 Å². The van der Waals surface area contributed by atoms with Gasteiger partial charge in [0.05, 0.1) is 18.6 Å². The summed E-state index contributed by atoms with van der Waals surface area (Å²) in [6.07, 6.45) is 2.10. The lowest BCUT2D eigenvalue weighted by atomic mass is 9.92. The molecule has 86 valence electrons. The molecule has 0 radical (unpaired) electrons. The van der Waals surface area contributed by atoms with E-state index >= 15 is 0 Å². The van der Waals surface area contributed by atoms with Crippen LogP contribution in [0.15, 0.2) is 6.33 Å². The Morgan fingerprint density at radius 3 is 2.94 bits per heavy atom. The molecule has 0 spiro atoms. The Labute approximate surface area is 93.8 Å². The van der Waals surface area contributed by atoms with E-state index in [1.165, 1.54) is 18.1 Å². The molecule has 0 aliphatic carbocycles. The zero-order chi connectivity index (χ0) is 12.2. The summed E-state index contributed by atoms with van der Waals surface area (Å²) in [6, 6.07) is 2.20. The zero-order valence-corrected chi connectivity index (χ0v) is 9.60. The molecular formula is C10H14N4O2. The topological polar surface area (TPSA) is 80.8 Å². The van der Waals surface area contributed by atoms with E-state index in [0.717, 1.165) is 0 Å². The molecule has 0 N–H and O–H groups in total. The molecule has 1 heterocycles. The van der Waals surface area contributed by atoms with Gasteiger partial charge in [-0.05, 0) is 20.3 Å². The number of nitriles is 1. The number of rotatable bonds is 4. The fourth-order valence-electron chi connectivity index (χ4n) is 1.04. The first kappa shape index (κ1) is 12.2. The van der Waals surface area contributed by atoms with Crippen LogP contribution in [-0.4, -0.2) is 27.8 Å². The highest BCUT2D eigenvalue weighted by molar-refractivity contribution is 5.84. The Bertz CT molecular complexity index is 417. The van der Waals surface area contributed by atoms with Gasteiger partial charge in [0.15, 0.2) is 0 Å². The van der Waals surface area contributed by atoms with Crippen molar-refractivity contribution in [2.24, 2.45) is 5.41 Å². The molecular weight excluding hydrogens is 208 g/mol. The van der Waals surface area contributed by atoms with E-state index in [9.17, 15) is 4.79 Å². The average Bonchev–Trinajstić information content (AvgIpc) is 2.74. The van der Waals surface area contributed by atoms with Gasteiger partial charge in [0.1, 0.15) is 6.33 Å². The molecule has 1 aromatic heterocycles. The van der Waals surface area contributed by atoms with Crippen molar-refractivity contribution in [3.63, 3.8) is 0 Å². The molecule has 0 aromatic carbocycles. The number of hydrogen-bond donors (Lipinski definition) is 0. The molecule has 6 nitrogen and oxygen atoms in total. The lowest BCUT2D eigenvalue weighted by molar-refractivity contribution is 0.0586. The number of methoxy groups -OCH3 is 1. The number of esters is 1. The van der Waals surface area contributed by atoms with Gasteiger partial charge in [0.2, 0.25) is 0 Å². The first-order valence-corrected chi connectivity index (χ1v) is 4.87. The summed E-state index contributed by atoms with van der Waals surface area (Å²) >= 11 is 0. The van der Waals surface area contributed by atoms with E-state index < -0.39 is 11.4 Å². The second-order valence-corrected chi connectivity index (χ2v) is 4.07. The minimum Gasteiger partial charge on any atom is -0.463 e. The van der Waals surface area contributed by atoms with Crippen molar-refractivity contribution >= 4 is 5.97 Å². The maximum atomic E-state index is 11.1. The Morgan fingerprint density at radius 1 is 1.69 bits per heavy atom. The maximum absolute atomic E-state index is 11.1. The van der Waals surface area contributed by atoms with Gasteiger partial charge < -0.3 is 4.74 Å². The second kappa shape index (κ2) is 4.75. The summed E-state index contributed by atoms with van der Waals surface area (Å²) in [6.45, 7) is 4.25. The van der Waals surface area contributed by atoms with Crippen molar-refractivity contribution < 1.29 is 9.53 Å². The maximum Gasteiger partial charge on any atom is 0.377 e. The largest absolute Gasteiger partial charge is 0.463 e. The van der Waals surface area contributed by atoms with Crippen LogP contribution in [0, 0.1) is 16.7 Å². The van der Waals surface area contributed by atoms with E-state index in [-0.39, 0.29) is 5.82 Å². The summed E-state index contributed by atoms with van der Waals surface area (Å²) in [5, 5.41) is 12.8. The van der Waals surface area contributed by atoms with Crippen LogP contribution >= 0.6 is 0 Å². The van der Waals surface area contributed by atoms with E-state index in [1.54, 1.807) is 0 Å². The number of carbonyl (C=O) groups is 1. The van der Waals surface area contributed by atoms with Crippen molar-refractivity contribution in [1.29, 1.82) is 5.26 Å². The fraction of sp³-hybridized carbons (Fsp3) is 0.600. The lowest BCUT2D eigenvalue weighted by Crippen LogP contribution is -2.13. The molecule has 0 amide bonds. The van der Waals surface area contributed by atoms with Gasteiger partial charge in [-0.25, -0.2) is 9.78 Å². The molecule has 0 aliphatic heterocycles. The minimum atomic E-state index is -0.557. The molecule has 0 saturated heterocycles. The third-order valence-electron chi connectivity index (χ3n) is 2.17. The number of ether oxygens (including phenoxy) is 1. The number of aryl methyl sites for hydroxylation is 1. The van der Waals surface area contributed by atoms with Crippen molar-refractivity contribution in [1.82, 2.24) is 14.8 Å².